The van der Waals surface area contributed by atoms with Crippen molar-refractivity contribution in [3.8, 4) is 5.75 Å². The molecule has 1 heterocycles. The third-order valence-electron chi connectivity index (χ3n) is 2.89. The van der Waals surface area contributed by atoms with Crippen molar-refractivity contribution in [1.29, 1.82) is 0 Å². The highest BCUT2D eigenvalue weighted by atomic mass is 79.9. The molecule has 0 aliphatic carbocycles. The van der Waals surface area contributed by atoms with Crippen LogP contribution in [0.15, 0.2) is 39.4 Å². The van der Waals surface area contributed by atoms with Crippen LogP contribution in [0.5, 0.6) is 5.75 Å². The van der Waals surface area contributed by atoms with Crippen LogP contribution in [0.2, 0.25) is 5.02 Å². The highest BCUT2D eigenvalue weighted by molar-refractivity contribution is 9.10. The zero-order chi connectivity index (χ0) is 15.5. The second-order valence-electron chi connectivity index (χ2n) is 5.84. The largest absolute Gasteiger partial charge is 0.487 e. The summed E-state index contributed by atoms with van der Waals surface area (Å²) in [7, 11) is 0. The number of hydrogen-bond acceptors (Lipinski definition) is 3. The Morgan fingerprint density at radius 2 is 2.05 bits per heavy atom. The van der Waals surface area contributed by atoms with E-state index in [1.165, 1.54) is 0 Å². The zero-order valence-corrected chi connectivity index (χ0v) is 14.7. The molecule has 0 spiro atoms. The van der Waals surface area contributed by atoms with Gasteiger partial charge in [-0.3, -0.25) is 0 Å². The fraction of sp³-hybridized carbons (Fsp3) is 0.375. The second-order valence-corrected chi connectivity index (χ2v) is 7.16. The fourth-order valence-corrected chi connectivity index (χ4v) is 2.47. The van der Waals surface area contributed by atoms with Crippen molar-refractivity contribution in [2.24, 2.45) is 0 Å². The predicted molar refractivity (Wildman–Crippen MR) is 88.8 cm³/mol. The van der Waals surface area contributed by atoms with E-state index in [-0.39, 0.29) is 5.54 Å². The fourth-order valence-electron chi connectivity index (χ4n) is 1.74. The van der Waals surface area contributed by atoms with Gasteiger partial charge in [-0.1, -0.05) is 27.5 Å². The summed E-state index contributed by atoms with van der Waals surface area (Å²) in [5.41, 5.74) is 1.06. The number of hydrogen-bond donors (Lipinski definition) is 1. The minimum atomic E-state index is 0.0416. The van der Waals surface area contributed by atoms with Gasteiger partial charge in [0.25, 0.3) is 0 Å². The maximum absolute atomic E-state index is 6.14. The number of benzene rings is 1. The average molecular weight is 373 g/mol. The van der Waals surface area contributed by atoms with Crippen molar-refractivity contribution in [2.75, 3.05) is 0 Å². The maximum Gasteiger partial charge on any atom is 0.138 e. The molecule has 0 radical (unpaired) electrons. The van der Waals surface area contributed by atoms with Gasteiger partial charge >= 0.3 is 0 Å². The molecule has 0 amide bonds. The predicted octanol–water partition coefficient (Wildman–Crippen LogP) is 5.16. The lowest BCUT2D eigenvalue weighted by atomic mass is 10.1. The Hall–Kier alpha value is -0.970. The van der Waals surface area contributed by atoms with Gasteiger partial charge in [-0.05, 0) is 45.0 Å². The van der Waals surface area contributed by atoms with E-state index in [1.807, 2.05) is 24.3 Å². The van der Waals surface area contributed by atoms with Crippen LogP contribution in [0.1, 0.15) is 32.1 Å². The Bertz CT molecular complexity index is 605. The first-order chi connectivity index (χ1) is 9.85. The quantitative estimate of drug-likeness (QED) is 0.787. The SMILES string of the molecule is CC(C)(C)NCc1occc1COc1ccc(Br)cc1Cl. The van der Waals surface area contributed by atoms with Gasteiger partial charge in [0.1, 0.15) is 18.1 Å². The van der Waals surface area contributed by atoms with E-state index in [4.69, 9.17) is 20.8 Å². The molecule has 21 heavy (non-hydrogen) atoms. The molecule has 0 aliphatic rings. The molecule has 3 nitrogen and oxygen atoms in total. The molecule has 0 aliphatic heterocycles. The molecule has 2 rings (SSSR count). The van der Waals surface area contributed by atoms with Crippen molar-refractivity contribution in [1.82, 2.24) is 5.32 Å². The van der Waals surface area contributed by atoms with Crippen molar-refractivity contribution < 1.29 is 9.15 Å². The van der Waals surface area contributed by atoms with Crippen molar-refractivity contribution in [2.45, 2.75) is 39.5 Å². The first-order valence-electron chi connectivity index (χ1n) is 6.73. The Balaban J connectivity index is 1.99. The van der Waals surface area contributed by atoms with Gasteiger partial charge in [0, 0.05) is 15.6 Å². The summed E-state index contributed by atoms with van der Waals surface area (Å²) in [4.78, 5) is 0. The second kappa shape index (κ2) is 6.86. The molecule has 0 bridgehead atoms. The number of halogens is 2. The van der Waals surface area contributed by atoms with Crippen LogP contribution >= 0.6 is 27.5 Å². The van der Waals surface area contributed by atoms with Crippen LogP contribution in [0, 0.1) is 0 Å². The first-order valence-corrected chi connectivity index (χ1v) is 7.90. The number of ether oxygens (including phenoxy) is 1. The lowest BCUT2D eigenvalue weighted by molar-refractivity contribution is 0.299. The van der Waals surface area contributed by atoms with Gasteiger partial charge in [0.15, 0.2) is 0 Å². The van der Waals surface area contributed by atoms with Crippen LogP contribution in [0.25, 0.3) is 0 Å². The third kappa shape index (κ3) is 5.06. The third-order valence-corrected chi connectivity index (χ3v) is 3.68. The summed E-state index contributed by atoms with van der Waals surface area (Å²) < 4.78 is 12.2. The van der Waals surface area contributed by atoms with Gasteiger partial charge in [0.2, 0.25) is 0 Å². The van der Waals surface area contributed by atoms with Gasteiger partial charge in [-0.25, -0.2) is 0 Å². The van der Waals surface area contributed by atoms with Gasteiger partial charge < -0.3 is 14.5 Å². The normalized spacial score (nSPS) is 11.7. The number of rotatable bonds is 5. The summed E-state index contributed by atoms with van der Waals surface area (Å²) in [5.74, 6) is 1.55. The molecule has 5 heteroatoms. The number of nitrogens with one attached hydrogen (secondary N) is 1. The van der Waals surface area contributed by atoms with Crippen molar-refractivity contribution >= 4 is 27.5 Å². The summed E-state index contributed by atoms with van der Waals surface area (Å²) >= 11 is 9.51. The van der Waals surface area contributed by atoms with Crippen LogP contribution < -0.4 is 10.1 Å². The van der Waals surface area contributed by atoms with Gasteiger partial charge in [-0.2, -0.15) is 0 Å². The van der Waals surface area contributed by atoms with E-state index in [0.717, 1.165) is 15.8 Å². The number of furan rings is 1. The van der Waals surface area contributed by atoms with Crippen molar-refractivity contribution in [3.05, 3.63) is 51.3 Å². The van der Waals surface area contributed by atoms with Crippen LogP contribution in [-0.2, 0) is 13.2 Å². The van der Waals surface area contributed by atoms with Gasteiger partial charge in [-0.15, -0.1) is 0 Å². The monoisotopic (exact) mass is 371 g/mol. The van der Waals surface area contributed by atoms with Gasteiger partial charge in [0.05, 0.1) is 17.8 Å². The molecular weight excluding hydrogens is 354 g/mol. The highest BCUT2D eigenvalue weighted by Crippen LogP contribution is 2.28. The minimum absolute atomic E-state index is 0.0416. The summed E-state index contributed by atoms with van der Waals surface area (Å²) in [6.45, 7) is 7.46. The standard InChI is InChI=1S/C16H19BrClNO2/c1-16(2,3)19-9-15-11(6-7-20-15)10-21-14-5-4-12(17)8-13(14)18/h4-8,19H,9-10H2,1-3H3. The van der Waals surface area contributed by atoms with E-state index in [0.29, 0.717) is 23.9 Å². The molecule has 1 aromatic heterocycles. The van der Waals surface area contributed by atoms with Crippen LogP contribution in [-0.4, -0.2) is 5.54 Å². The molecule has 1 aromatic carbocycles. The Morgan fingerprint density at radius 1 is 1.29 bits per heavy atom. The van der Waals surface area contributed by atoms with E-state index >= 15 is 0 Å². The molecule has 0 atom stereocenters. The molecule has 2 aromatic rings. The zero-order valence-electron chi connectivity index (χ0n) is 12.4. The van der Waals surface area contributed by atoms with E-state index in [9.17, 15) is 0 Å². The van der Waals surface area contributed by atoms with E-state index < -0.39 is 0 Å². The Morgan fingerprint density at radius 3 is 2.71 bits per heavy atom. The molecular formula is C16H19BrClNO2. The highest BCUT2D eigenvalue weighted by Gasteiger charge is 2.13. The van der Waals surface area contributed by atoms with E-state index in [2.05, 4.69) is 42.0 Å². The smallest absolute Gasteiger partial charge is 0.138 e. The molecule has 0 saturated carbocycles. The molecule has 114 valence electrons. The van der Waals surface area contributed by atoms with Crippen LogP contribution in [0.4, 0.5) is 0 Å². The summed E-state index contributed by atoms with van der Waals surface area (Å²) in [6, 6.07) is 7.49. The van der Waals surface area contributed by atoms with Crippen LogP contribution in [0.3, 0.4) is 0 Å². The summed E-state index contributed by atoms with van der Waals surface area (Å²) in [6.07, 6.45) is 1.68. The molecule has 0 unspecified atom stereocenters. The first kappa shape index (κ1) is 16.4. The van der Waals surface area contributed by atoms with Crippen molar-refractivity contribution in [3.63, 3.8) is 0 Å². The Labute approximate surface area is 138 Å². The van der Waals surface area contributed by atoms with E-state index in [1.54, 1.807) is 6.26 Å². The Kier molecular flexibility index (Phi) is 5.36. The maximum atomic E-state index is 6.14. The minimum Gasteiger partial charge on any atom is -0.487 e. The molecule has 0 fully saturated rings. The lowest BCUT2D eigenvalue weighted by Gasteiger charge is -2.20. The topological polar surface area (TPSA) is 34.4 Å². The lowest BCUT2D eigenvalue weighted by Crippen LogP contribution is -2.35. The average Bonchev–Trinajstić information content (AvgIpc) is 2.82. The summed E-state index contributed by atoms with van der Waals surface area (Å²) in [5, 5.41) is 3.99. The molecule has 0 saturated heterocycles. The molecule has 1 N–H and O–H groups in total.